The average Bonchev–Trinajstić information content (AvgIpc) is 2.60. The number of carbonyl (C=O) groups is 2. The summed E-state index contributed by atoms with van der Waals surface area (Å²) in [4.78, 5) is 25.4. The van der Waals surface area contributed by atoms with Gasteiger partial charge in [-0.15, -0.1) is 0 Å². The molecule has 0 saturated heterocycles. The first-order chi connectivity index (χ1) is 11.6. The highest BCUT2D eigenvalue weighted by molar-refractivity contribution is 5.94. The molecule has 0 bridgehead atoms. The fourth-order valence-corrected chi connectivity index (χ4v) is 2.37. The van der Waals surface area contributed by atoms with Crippen molar-refractivity contribution >= 4 is 17.6 Å². The lowest BCUT2D eigenvalue weighted by Crippen LogP contribution is -2.41. The minimum absolute atomic E-state index is 0.185. The lowest BCUT2D eigenvalue weighted by atomic mass is 10.2. The maximum Gasteiger partial charge on any atom is 0.303 e. The zero-order valence-electron chi connectivity index (χ0n) is 13.9. The molecule has 1 atom stereocenters. The minimum atomic E-state index is -0.430. The maximum atomic E-state index is 12.1. The zero-order valence-corrected chi connectivity index (χ0v) is 13.9. The fourth-order valence-electron chi connectivity index (χ4n) is 2.37. The van der Waals surface area contributed by atoms with Gasteiger partial charge in [0.05, 0.1) is 13.1 Å². The summed E-state index contributed by atoms with van der Waals surface area (Å²) in [5.41, 5.74) is 1.60. The molecule has 2 aromatic rings. The van der Waals surface area contributed by atoms with Crippen LogP contribution in [0, 0.1) is 0 Å². The van der Waals surface area contributed by atoms with Crippen LogP contribution in [-0.2, 0) is 9.53 Å². The van der Waals surface area contributed by atoms with Crippen molar-refractivity contribution in [3.8, 4) is 0 Å². The number of esters is 1. The molecule has 5 heteroatoms. The highest BCUT2D eigenvalue weighted by Gasteiger charge is 2.17. The van der Waals surface area contributed by atoms with Gasteiger partial charge in [-0.1, -0.05) is 36.4 Å². The highest BCUT2D eigenvalue weighted by Crippen LogP contribution is 2.12. The Morgan fingerprint density at radius 2 is 1.62 bits per heavy atom. The summed E-state index contributed by atoms with van der Waals surface area (Å²) >= 11 is 0. The minimum Gasteiger partial charge on any atom is -0.459 e. The van der Waals surface area contributed by atoms with Crippen molar-refractivity contribution in [1.29, 1.82) is 0 Å². The Hall–Kier alpha value is -2.82. The Morgan fingerprint density at radius 3 is 2.21 bits per heavy atom. The van der Waals surface area contributed by atoms with E-state index < -0.39 is 6.10 Å². The SMILES string of the molecule is CC(=O)OC(CNC(=O)c1ccccc1)CN(C)c1ccccc1. The first-order valence-electron chi connectivity index (χ1n) is 7.83. The largest absolute Gasteiger partial charge is 0.459 e. The standard InChI is InChI=1S/C19H22N2O3/c1-15(22)24-18(14-21(2)17-11-7-4-8-12-17)13-20-19(23)16-9-5-3-6-10-16/h3-12,18H,13-14H2,1-2H3,(H,20,23). The molecule has 1 amide bonds. The van der Waals surface area contributed by atoms with E-state index in [0.29, 0.717) is 12.1 Å². The highest BCUT2D eigenvalue weighted by atomic mass is 16.5. The third kappa shape index (κ3) is 5.43. The number of nitrogens with zero attached hydrogens (tertiary/aromatic N) is 1. The number of amides is 1. The molecule has 24 heavy (non-hydrogen) atoms. The van der Waals surface area contributed by atoms with Gasteiger partial charge in [0.25, 0.3) is 5.91 Å². The first-order valence-corrected chi connectivity index (χ1v) is 7.83. The van der Waals surface area contributed by atoms with E-state index in [9.17, 15) is 9.59 Å². The summed E-state index contributed by atoms with van der Waals surface area (Å²) in [6.07, 6.45) is -0.430. The first kappa shape index (κ1) is 17.5. The lowest BCUT2D eigenvalue weighted by molar-refractivity contribution is -0.145. The van der Waals surface area contributed by atoms with Gasteiger partial charge in [-0.25, -0.2) is 0 Å². The van der Waals surface area contributed by atoms with Gasteiger partial charge in [-0.3, -0.25) is 9.59 Å². The van der Waals surface area contributed by atoms with E-state index in [1.807, 2.05) is 60.5 Å². The smallest absolute Gasteiger partial charge is 0.303 e. The number of rotatable bonds is 7. The molecule has 2 rings (SSSR count). The maximum absolute atomic E-state index is 12.1. The van der Waals surface area contributed by atoms with E-state index in [-0.39, 0.29) is 18.4 Å². The van der Waals surface area contributed by atoms with Gasteiger partial charge in [0.15, 0.2) is 0 Å². The van der Waals surface area contributed by atoms with E-state index in [1.165, 1.54) is 6.92 Å². The van der Waals surface area contributed by atoms with Crippen molar-refractivity contribution in [2.45, 2.75) is 13.0 Å². The number of nitrogens with one attached hydrogen (secondary N) is 1. The van der Waals surface area contributed by atoms with E-state index >= 15 is 0 Å². The van der Waals surface area contributed by atoms with E-state index in [0.717, 1.165) is 5.69 Å². The van der Waals surface area contributed by atoms with Crippen LogP contribution in [0.4, 0.5) is 5.69 Å². The second-order valence-corrected chi connectivity index (χ2v) is 5.52. The summed E-state index contributed by atoms with van der Waals surface area (Å²) in [6, 6.07) is 18.8. The van der Waals surface area contributed by atoms with Crippen LogP contribution in [0.3, 0.4) is 0 Å². The van der Waals surface area contributed by atoms with Gasteiger partial charge in [0.1, 0.15) is 6.10 Å². The predicted molar refractivity (Wildman–Crippen MR) is 94.0 cm³/mol. The van der Waals surface area contributed by atoms with Crippen LogP contribution < -0.4 is 10.2 Å². The fraction of sp³-hybridized carbons (Fsp3) is 0.263. The molecule has 1 unspecified atom stereocenters. The Labute approximate surface area is 142 Å². The van der Waals surface area contributed by atoms with Crippen LogP contribution in [0.1, 0.15) is 17.3 Å². The Balaban J connectivity index is 1.95. The topological polar surface area (TPSA) is 58.6 Å². The van der Waals surface area contributed by atoms with Gasteiger partial charge in [0.2, 0.25) is 0 Å². The van der Waals surface area contributed by atoms with Crippen LogP contribution >= 0.6 is 0 Å². The number of anilines is 1. The second-order valence-electron chi connectivity index (χ2n) is 5.52. The molecule has 0 aliphatic heterocycles. The average molecular weight is 326 g/mol. The van der Waals surface area contributed by atoms with Crippen molar-refractivity contribution < 1.29 is 14.3 Å². The number of hydrogen-bond donors (Lipinski definition) is 1. The normalized spacial score (nSPS) is 11.4. The Morgan fingerprint density at radius 1 is 1.04 bits per heavy atom. The number of likely N-dealkylation sites (N-methyl/N-ethyl adjacent to an activating group) is 1. The van der Waals surface area contributed by atoms with E-state index in [2.05, 4.69) is 5.32 Å². The molecule has 0 aromatic heterocycles. The van der Waals surface area contributed by atoms with Gasteiger partial charge >= 0.3 is 5.97 Å². The number of benzene rings is 2. The summed E-state index contributed by atoms with van der Waals surface area (Å²) in [6.45, 7) is 2.11. The van der Waals surface area contributed by atoms with Crippen LogP contribution in [0.25, 0.3) is 0 Å². The summed E-state index contributed by atoms with van der Waals surface area (Å²) in [5.74, 6) is -0.550. The van der Waals surface area contributed by atoms with Crippen LogP contribution in [0.5, 0.6) is 0 Å². The molecule has 0 saturated carbocycles. The molecular weight excluding hydrogens is 304 g/mol. The van der Waals surface area contributed by atoms with Crippen LogP contribution in [0.2, 0.25) is 0 Å². The number of carbonyl (C=O) groups excluding carboxylic acids is 2. The van der Waals surface area contributed by atoms with Gasteiger partial charge in [-0.2, -0.15) is 0 Å². The van der Waals surface area contributed by atoms with Crippen molar-refractivity contribution in [2.24, 2.45) is 0 Å². The predicted octanol–water partition coefficient (Wildman–Crippen LogP) is 2.48. The third-order valence-electron chi connectivity index (χ3n) is 3.53. The number of ether oxygens (including phenoxy) is 1. The van der Waals surface area contributed by atoms with Gasteiger partial charge in [-0.05, 0) is 24.3 Å². The molecule has 2 aromatic carbocycles. The molecule has 126 valence electrons. The number of para-hydroxylation sites is 1. The zero-order chi connectivity index (χ0) is 17.4. The number of hydrogen-bond acceptors (Lipinski definition) is 4. The Bertz CT molecular complexity index is 659. The molecule has 0 heterocycles. The molecule has 5 nitrogen and oxygen atoms in total. The van der Waals surface area contributed by atoms with Crippen molar-refractivity contribution in [3.05, 3.63) is 66.2 Å². The van der Waals surface area contributed by atoms with E-state index in [4.69, 9.17) is 4.74 Å². The monoisotopic (exact) mass is 326 g/mol. The van der Waals surface area contributed by atoms with Crippen LogP contribution in [0.15, 0.2) is 60.7 Å². The molecule has 1 N–H and O–H groups in total. The summed E-state index contributed by atoms with van der Waals surface area (Å²) in [7, 11) is 1.92. The third-order valence-corrected chi connectivity index (χ3v) is 3.53. The van der Waals surface area contributed by atoms with Crippen molar-refractivity contribution in [1.82, 2.24) is 5.32 Å². The summed E-state index contributed by atoms with van der Waals surface area (Å²) < 4.78 is 5.33. The molecule has 0 spiro atoms. The van der Waals surface area contributed by atoms with E-state index in [1.54, 1.807) is 12.1 Å². The van der Waals surface area contributed by atoms with Crippen molar-refractivity contribution in [3.63, 3.8) is 0 Å². The summed E-state index contributed by atoms with van der Waals surface area (Å²) in [5, 5.41) is 2.82. The van der Waals surface area contributed by atoms with Gasteiger partial charge < -0.3 is 15.0 Å². The van der Waals surface area contributed by atoms with Crippen molar-refractivity contribution in [2.75, 3.05) is 25.0 Å². The quantitative estimate of drug-likeness (QED) is 0.794. The second kappa shape index (κ2) is 8.72. The molecule has 0 fully saturated rings. The molecule has 0 aliphatic rings. The molecule has 0 radical (unpaired) electrons. The van der Waals surface area contributed by atoms with Gasteiger partial charge in [0, 0.05) is 25.2 Å². The lowest BCUT2D eigenvalue weighted by Gasteiger charge is -2.25. The molecule has 0 aliphatic carbocycles. The Kier molecular flexibility index (Phi) is 6.37. The molecular formula is C19H22N2O3. The van der Waals surface area contributed by atoms with Crippen LogP contribution in [-0.4, -0.2) is 38.1 Å².